The maximum absolute atomic E-state index is 8.71. The Bertz CT molecular complexity index is 592. The van der Waals surface area contributed by atoms with Crippen molar-refractivity contribution >= 4 is 34.8 Å². The standard InChI is InChI=1S/C11H6Cl2N4/c12-7-1-2-10(9(13)5-7)17-11-15-4-3-8(6-14)16-11/h1-5H,(H,15,16,17). The Kier molecular flexibility index (Phi) is 3.43. The number of nitrogens with zero attached hydrogens (tertiary/aromatic N) is 3. The molecule has 1 aromatic heterocycles. The lowest BCUT2D eigenvalue weighted by Crippen LogP contribution is -1.98. The van der Waals surface area contributed by atoms with Crippen molar-refractivity contribution in [3.05, 3.63) is 46.2 Å². The summed E-state index contributed by atoms with van der Waals surface area (Å²) >= 11 is 11.8. The highest BCUT2D eigenvalue weighted by Gasteiger charge is 2.04. The van der Waals surface area contributed by atoms with Gasteiger partial charge < -0.3 is 5.32 Å². The van der Waals surface area contributed by atoms with E-state index in [-0.39, 0.29) is 5.69 Å². The Balaban J connectivity index is 2.28. The van der Waals surface area contributed by atoms with Gasteiger partial charge in [0.1, 0.15) is 11.8 Å². The van der Waals surface area contributed by atoms with Gasteiger partial charge in [-0.15, -0.1) is 0 Å². The third-order valence-corrected chi connectivity index (χ3v) is 2.50. The summed E-state index contributed by atoms with van der Waals surface area (Å²) in [7, 11) is 0. The molecule has 1 heterocycles. The molecule has 4 nitrogen and oxygen atoms in total. The van der Waals surface area contributed by atoms with Crippen molar-refractivity contribution in [1.29, 1.82) is 5.26 Å². The molecule has 0 aliphatic rings. The van der Waals surface area contributed by atoms with Crippen molar-refractivity contribution in [2.45, 2.75) is 0 Å². The second-order valence-electron chi connectivity index (χ2n) is 3.13. The molecule has 0 atom stereocenters. The molecule has 0 spiro atoms. The molecule has 0 saturated heterocycles. The van der Waals surface area contributed by atoms with Gasteiger partial charge in [0.15, 0.2) is 0 Å². The summed E-state index contributed by atoms with van der Waals surface area (Å²) < 4.78 is 0. The van der Waals surface area contributed by atoms with Crippen molar-refractivity contribution < 1.29 is 0 Å². The van der Waals surface area contributed by atoms with E-state index in [2.05, 4.69) is 15.3 Å². The molecule has 0 radical (unpaired) electrons. The van der Waals surface area contributed by atoms with Crippen LogP contribution in [0.4, 0.5) is 11.6 Å². The van der Waals surface area contributed by atoms with Gasteiger partial charge in [0, 0.05) is 11.2 Å². The van der Waals surface area contributed by atoms with Crippen LogP contribution in [0, 0.1) is 11.3 Å². The van der Waals surface area contributed by atoms with Gasteiger partial charge in [-0.05, 0) is 24.3 Å². The van der Waals surface area contributed by atoms with E-state index in [9.17, 15) is 0 Å². The SMILES string of the molecule is N#Cc1ccnc(Nc2ccc(Cl)cc2Cl)n1. The van der Waals surface area contributed by atoms with Crippen LogP contribution in [0.3, 0.4) is 0 Å². The van der Waals surface area contributed by atoms with Gasteiger partial charge in [-0.1, -0.05) is 23.2 Å². The van der Waals surface area contributed by atoms with E-state index in [4.69, 9.17) is 28.5 Å². The molecule has 17 heavy (non-hydrogen) atoms. The van der Waals surface area contributed by atoms with Crippen LogP contribution in [0.15, 0.2) is 30.5 Å². The third-order valence-electron chi connectivity index (χ3n) is 1.95. The van der Waals surface area contributed by atoms with E-state index in [0.29, 0.717) is 21.7 Å². The number of nitrogens with one attached hydrogen (secondary N) is 1. The minimum atomic E-state index is 0.285. The van der Waals surface area contributed by atoms with Crippen molar-refractivity contribution in [1.82, 2.24) is 9.97 Å². The first-order valence-corrected chi connectivity index (χ1v) is 5.40. The van der Waals surface area contributed by atoms with Crippen molar-refractivity contribution in [2.24, 2.45) is 0 Å². The highest BCUT2D eigenvalue weighted by atomic mass is 35.5. The van der Waals surface area contributed by atoms with Crippen LogP contribution in [0.2, 0.25) is 10.0 Å². The average molecular weight is 265 g/mol. The molecule has 2 aromatic rings. The monoisotopic (exact) mass is 264 g/mol. The van der Waals surface area contributed by atoms with Gasteiger partial charge in [-0.3, -0.25) is 0 Å². The van der Waals surface area contributed by atoms with E-state index in [1.165, 1.54) is 12.3 Å². The Morgan fingerprint density at radius 3 is 2.76 bits per heavy atom. The topological polar surface area (TPSA) is 61.6 Å². The molecule has 2 rings (SSSR count). The molecule has 0 aliphatic heterocycles. The van der Waals surface area contributed by atoms with E-state index >= 15 is 0 Å². The molecule has 0 saturated carbocycles. The smallest absolute Gasteiger partial charge is 0.228 e. The fourth-order valence-electron chi connectivity index (χ4n) is 1.19. The van der Waals surface area contributed by atoms with Crippen molar-refractivity contribution in [3.63, 3.8) is 0 Å². The molecule has 0 aliphatic carbocycles. The Labute approximate surface area is 108 Å². The fourth-order valence-corrected chi connectivity index (χ4v) is 1.65. The molecular weight excluding hydrogens is 259 g/mol. The molecule has 0 unspecified atom stereocenters. The van der Waals surface area contributed by atoms with E-state index in [1.54, 1.807) is 18.2 Å². The van der Waals surface area contributed by atoms with Gasteiger partial charge in [0.05, 0.1) is 10.7 Å². The quantitative estimate of drug-likeness (QED) is 0.903. The zero-order valence-electron chi connectivity index (χ0n) is 8.48. The predicted octanol–water partition coefficient (Wildman–Crippen LogP) is 3.40. The maximum Gasteiger partial charge on any atom is 0.228 e. The number of aromatic nitrogens is 2. The van der Waals surface area contributed by atoms with E-state index < -0.39 is 0 Å². The first-order valence-electron chi connectivity index (χ1n) is 4.64. The summed E-state index contributed by atoms with van der Waals surface area (Å²) in [5, 5.41) is 12.6. The molecule has 84 valence electrons. The molecule has 1 aromatic carbocycles. The van der Waals surface area contributed by atoms with Gasteiger partial charge in [0.25, 0.3) is 0 Å². The largest absolute Gasteiger partial charge is 0.323 e. The minimum Gasteiger partial charge on any atom is -0.323 e. The number of rotatable bonds is 2. The van der Waals surface area contributed by atoms with Crippen LogP contribution in [0.5, 0.6) is 0 Å². The maximum atomic E-state index is 8.71. The van der Waals surface area contributed by atoms with Gasteiger partial charge >= 0.3 is 0 Å². The number of halogens is 2. The Hall–Kier alpha value is -1.83. The number of anilines is 2. The highest BCUT2D eigenvalue weighted by Crippen LogP contribution is 2.26. The zero-order chi connectivity index (χ0) is 12.3. The molecule has 0 amide bonds. The fraction of sp³-hybridized carbons (Fsp3) is 0. The van der Waals surface area contributed by atoms with Crippen LogP contribution >= 0.6 is 23.2 Å². The van der Waals surface area contributed by atoms with Crippen molar-refractivity contribution in [3.8, 4) is 6.07 Å². The zero-order valence-corrected chi connectivity index (χ0v) is 10.00. The first kappa shape index (κ1) is 11.6. The second-order valence-corrected chi connectivity index (χ2v) is 3.97. The normalized spacial score (nSPS) is 9.71. The number of benzene rings is 1. The average Bonchev–Trinajstić information content (AvgIpc) is 2.33. The molecule has 0 bridgehead atoms. The first-order chi connectivity index (χ1) is 8.19. The van der Waals surface area contributed by atoms with E-state index in [0.717, 1.165) is 0 Å². The van der Waals surface area contributed by atoms with Crippen LogP contribution in [-0.4, -0.2) is 9.97 Å². The number of hydrogen-bond donors (Lipinski definition) is 1. The molecular formula is C11H6Cl2N4. The summed E-state index contributed by atoms with van der Waals surface area (Å²) in [6.45, 7) is 0. The lowest BCUT2D eigenvalue weighted by molar-refractivity contribution is 1.14. The summed E-state index contributed by atoms with van der Waals surface area (Å²) in [5.41, 5.74) is 0.916. The van der Waals surface area contributed by atoms with Gasteiger partial charge in [0.2, 0.25) is 5.95 Å². The predicted molar refractivity (Wildman–Crippen MR) is 66.5 cm³/mol. The Morgan fingerprint density at radius 2 is 2.06 bits per heavy atom. The van der Waals surface area contributed by atoms with Crippen molar-refractivity contribution in [2.75, 3.05) is 5.32 Å². The second kappa shape index (κ2) is 5.00. The number of hydrogen-bond acceptors (Lipinski definition) is 4. The van der Waals surface area contributed by atoms with Gasteiger partial charge in [-0.25, -0.2) is 9.97 Å². The van der Waals surface area contributed by atoms with Crippen LogP contribution in [0.1, 0.15) is 5.69 Å². The van der Waals surface area contributed by atoms with Gasteiger partial charge in [-0.2, -0.15) is 5.26 Å². The van der Waals surface area contributed by atoms with E-state index in [1.807, 2.05) is 6.07 Å². The van der Waals surface area contributed by atoms with Crippen LogP contribution < -0.4 is 5.32 Å². The lowest BCUT2D eigenvalue weighted by atomic mass is 10.3. The summed E-state index contributed by atoms with van der Waals surface area (Å²) in [6.07, 6.45) is 1.50. The molecule has 6 heteroatoms. The summed E-state index contributed by atoms with van der Waals surface area (Å²) in [4.78, 5) is 7.96. The minimum absolute atomic E-state index is 0.285. The summed E-state index contributed by atoms with van der Waals surface area (Å²) in [6, 6.07) is 8.48. The number of nitriles is 1. The Morgan fingerprint density at radius 1 is 1.24 bits per heavy atom. The lowest BCUT2D eigenvalue weighted by Gasteiger charge is -2.06. The molecule has 0 fully saturated rings. The molecule has 1 N–H and O–H groups in total. The van der Waals surface area contributed by atoms with Crippen LogP contribution in [-0.2, 0) is 0 Å². The van der Waals surface area contributed by atoms with Crippen LogP contribution in [0.25, 0.3) is 0 Å². The highest BCUT2D eigenvalue weighted by molar-refractivity contribution is 6.36. The summed E-state index contributed by atoms with van der Waals surface area (Å²) in [5.74, 6) is 0.313. The third kappa shape index (κ3) is 2.84.